The first-order valence-corrected chi connectivity index (χ1v) is 4.50. The number of amides is 1. The first-order valence-electron chi connectivity index (χ1n) is 4.50. The lowest BCUT2D eigenvalue weighted by molar-refractivity contribution is -0.119. The van der Waals surface area contributed by atoms with Crippen LogP contribution in [0.2, 0.25) is 0 Å². The summed E-state index contributed by atoms with van der Waals surface area (Å²) >= 11 is 0. The van der Waals surface area contributed by atoms with E-state index in [-0.39, 0.29) is 5.91 Å². The Morgan fingerprint density at radius 1 is 1.77 bits per heavy atom. The van der Waals surface area contributed by atoms with E-state index >= 15 is 0 Å². The van der Waals surface area contributed by atoms with Crippen LogP contribution in [-0.2, 0) is 11.3 Å². The third-order valence-corrected chi connectivity index (χ3v) is 2.44. The normalized spacial score (nSPS) is 21.9. The second-order valence-electron chi connectivity index (χ2n) is 3.50. The second kappa shape index (κ2) is 3.20. The number of nitrogens with zero attached hydrogens (tertiary/aromatic N) is 2. The average molecular weight is 179 g/mol. The van der Waals surface area contributed by atoms with Gasteiger partial charge in [-0.05, 0) is 6.92 Å². The lowest BCUT2D eigenvalue weighted by atomic mass is 10.1. The largest absolute Gasteiger partial charge is 0.356 e. The monoisotopic (exact) mass is 179 g/mol. The van der Waals surface area contributed by atoms with Gasteiger partial charge in [0.15, 0.2) is 0 Å². The molecule has 1 N–H and O–H groups in total. The number of imidazole rings is 1. The number of carbonyl (C=O) groups is 1. The molecular weight excluding hydrogens is 166 g/mol. The molecule has 1 unspecified atom stereocenters. The molecule has 1 fully saturated rings. The van der Waals surface area contributed by atoms with E-state index in [9.17, 15) is 4.79 Å². The van der Waals surface area contributed by atoms with Crippen molar-refractivity contribution < 1.29 is 4.79 Å². The van der Waals surface area contributed by atoms with Crippen LogP contribution >= 0.6 is 0 Å². The molecule has 1 atom stereocenters. The maximum atomic E-state index is 10.9. The molecule has 4 nitrogen and oxygen atoms in total. The number of aromatic nitrogens is 2. The van der Waals surface area contributed by atoms with Gasteiger partial charge in [-0.25, -0.2) is 4.98 Å². The van der Waals surface area contributed by atoms with Gasteiger partial charge >= 0.3 is 0 Å². The van der Waals surface area contributed by atoms with Crippen molar-refractivity contribution in [1.82, 2.24) is 14.9 Å². The topological polar surface area (TPSA) is 46.9 Å². The van der Waals surface area contributed by atoms with Crippen molar-refractivity contribution in [2.24, 2.45) is 5.92 Å². The van der Waals surface area contributed by atoms with Gasteiger partial charge in [0.1, 0.15) is 5.82 Å². The van der Waals surface area contributed by atoms with Crippen molar-refractivity contribution >= 4 is 5.91 Å². The zero-order valence-corrected chi connectivity index (χ0v) is 7.66. The molecule has 2 heterocycles. The highest BCUT2D eigenvalue weighted by molar-refractivity contribution is 5.78. The Morgan fingerprint density at radius 3 is 3.15 bits per heavy atom. The van der Waals surface area contributed by atoms with Crippen molar-refractivity contribution in [2.75, 3.05) is 6.54 Å². The van der Waals surface area contributed by atoms with Crippen LogP contribution in [0, 0.1) is 12.8 Å². The smallest absolute Gasteiger partial charge is 0.220 e. The number of hydrogen-bond donors (Lipinski definition) is 1. The molecule has 0 saturated carbocycles. The predicted octanol–water partition coefficient (Wildman–Crippen LogP) is 0.328. The van der Waals surface area contributed by atoms with E-state index in [0.29, 0.717) is 12.3 Å². The van der Waals surface area contributed by atoms with Crippen LogP contribution in [0.15, 0.2) is 12.4 Å². The Hall–Kier alpha value is -1.32. The molecule has 1 aromatic rings. The highest BCUT2D eigenvalue weighted by Gasteiger charge is 2.21. The maximum Gasteiger partial charge on any atom is 0.220 e. The van der Waals surface area contributed by atoms with Crippen molar-refractivity contribution in [3.05, 3.63) is 18.2 Å². The molecule has 1 amide bonds. The number of rotatable bonds is 2. The Morgan fingerprint density at radius 2 is 2.62 bits per heavy atom. The molecule has 70 valence electrons. The zero-order chi connectivity index (χ0) is 9.26. The van der Waals surface area contributed by atoms with E-state index in [2.05, 4.69) is 14.9 Å². The minimum Gasteiger partial charge on any atom is -0.356 e. The third-order valence-electron chi connectivity index (χ3n) is 2.44. The van der Waals surface area contributed by atoms with Gasteiger partial charge in [-0.2, -0.15) is 0 Å². The van der Waals surface area contributed by atoms with Crippen molar-refractivity contribution in [3.63, 3.8) is 0 Å². The van der Waals surface area contributed by atoms with Gasteiger partial charge in [0.25, 0.3) is 0 Å². The number of hydrogen-bond acceptors (Lipinski definition) is 2. The molecule has 2 rings (SSSR count). The van der Waals surface area contributed by atoms with E-state index < -0.39 is 0 Å². The molecule has 0 aliphatic carbocycles. The lowest BCUT2D eigenvalue weighted by Gasteiger charge is -2.09. The van der Waals surface area contributed by atoms with E-state index in [4.69, 9.17) is 0 Å². The highest BCUT2D eigenvalue weighted by Crippen LogP contribution is 2.12. The Kier molecular flexibility index (Phi) is 2.04. The molecule has 0 radical (unpaired) electrons. The molecule has 0 spiro atoms. The summed E-state index contributed by atoms with van der Waals surface area (Å²) in [4.78, 5) is 15.1. The Labute approximate surface area is 77.0 Å². The fraction of sp³-hybridized carbons (Fsp3) is 0.556. The van der Waals surface area contributed by atoms with Crippen LogP contribution in [0.3, 0.4) is 0 Å². The van der Waals surface area contributed by atoms with Gasteiger partial charge in [0.2, 0.25) is 5.91 Å². The summed E-state index contributed by atoms with van der Waals surface area (Å²) in [7, 11) is 0. The summed E-state index contributed by atoms with van der Waals surface area (Å²) in [6, 6.07) is 0. The van der Waals surface area contributed by atoms with Gasteiger partial charge in [-0.3, -0.25) is 4.79 Å². The van der Waals surface area contributed by atoms with Crippen LogP contribution in [0.25, 0.3) is 0 Å². The van der Waals surface area contributed by atoms with Crippen molar-refractivity contribution in [3.8, 4) is 0 Å². The van der Waals surface area contributed by atoms with E-state index in [1.54, 1.807) is 6.20 Å². The van der Waals surface area contributed by atoms with Crippen LogP contribution < -0.4 is 5.32 Å². The fourth-order valence-corrected chi connectivity index (χ4v) is 1.67. The number of nitrogens with one attached hydrogen (secondary N) is 1. The zero-order valence-electron chi connectivity index (χ0n) is 7.66. The molecule has 0 bridgehead atoms. The summed E-state index contributed by atoms with van der Waals surface area (Å²) in [6.07, 6.45) is 4.40. The third kappa shape index (κ3) is 1.71. The molecule has 4 heteroatoms. The predicted molar refractivity (Wildman–Crippen MR) is 48.1 cm³/mol. The standard InChI is InChI=1S/C9H13N3O/c1-7-10-2-3-12(7)6-8-4-9(13)11-5-8/h2-3,8H,4-6H2,1H3,(H,11,13). The lowest BCUT2D eigenvalue weighted by Crippen LogP contribution is -2.16. The van der Waals surface area contributed by atoms with Crippen LogP contribution in [-0.4, -0.2) is 22.0 Å². The minimum absolute atomic E-state index is 0.169. The summed E-state index contributed by atoms with van der Waals surface area (Å²) in [5, 5.41) is 2.83. The summed E-state index contributed by atoms with van der Waals surface area (Å²) in [6.45, 7) is 3.67. The SMILES string of the molecule is Cc1nccn1CC1CNC(=O)C1. The van der Waals surface area contributed by atoms with Crippen LogP contribution in [0.4, 0.5) is 0 Å². The van der Waals surface area contributed by atoms with Gasteiger partial charge in [0, 0.05) is 37.8 Å². The fourth-order valence-electron chi connectivity index (χ4n) is 1.67. The average Bonchev–Trinajstić information content (AvgIpc) is 2.64. The minimum atomic E-state index is 0.169. The van der Waals surface area contributed by atoms with Crippen LogP contribution in [0.5, 0.6) is 0 Å². The number of carbonyl (C=O) groups excluding carboxylic acids is 1. The number of aryl methyl sites for hydroxylation is 1. The Balaban J connectivity index is 1.99. The molecule has 13 heavy (non-hydrogen) atoms. The van der Waals surface area contributed by atoms with Crippen molar-refractivity contribution in [2.45, 2.75) is 19.9 Å². The van der Waals surface area contributed by atoms with E-state index in [0.717, 1.165) is 18.9 Å². The molecule has 0 aromatic carbocycles. The molecule has 1 aliphatic rings. The quantitative estimate of drug-likeness (QED) is 0.711. The first kappa shape index (κ1) is 8.29. The second-order valence-corrected chi connectivity index (χ2v) is 3.50. The van der Waals surface area contributed by atoms with E-state index in [1.165, 1.54) is 0 Å². The summed E-state index contributed by atoms with van der Waals surface area (Å²) in [5.41, 5.74) is 0. The molecule has 1 aromatic heterocycles. The summed E-state index contributed by atoms with van der Waals surface area (Å²) < 4.78 is 2.09. The summed E-state index contributed by atoms with van der Waals surface area (Å²) in [5.74, 6) is 1.61. The molecule has 1 saturated heterocycles. The molecular formula is C9H13N3O. The maximum absolute atomic E-state index is 10.9. The first-order chi connectivity index (χ1) is 6.25. The Bertz CT molecular complexity index is 318. The highest BCUT2D eigenvalue weighted by atomic mass is 16.1. The molecule has 1 aliphatic heterocycles. The van der Waals surface area contributed by atoms with Gasteiger partial charge in [-0.15, -0.1) is 0 Å². The van der Waals surface area contributed by atoms with Gasteiger partial charge in [-0.1, -0.05) is 0 Å². The van der Waals surface area contributed by atoms with Crippen molar-refractivity contribution in [1.29, 1.82) is 0 Å². The van der Waals surface area contributed by atoms with Gasteiger partial charge < -0.3 is 9.88 Å². The van der Waals surface area contributed by atoms with Gasteiger partial charge in [0.05, 0.1) is 0 Å². The van der Waals surface area contributed by atoms with Crippen LogP contribution in [0.1, 0.15) is 12.2 Å². The van der Waals surface area contributed by atoms with E-state index in [1.807, 2.05) is 13.1 Å².